The van der Waals surface area contributed by atoms with Crippen molar-refractivity contribution in [2.24, 2.45) is 0 Å². The van der Waals surface area contributed by atoms with Crippen LogP contribution >= 0.6 is 23.4 Å². The number of carbonyl (C=O) groups is 2. The summed E-state index contributed by atoms with van der Waals surface area (Å²) < 4.78 is 0. The third-order valence-electron chi connectivity index (χ3n) is 3.88. The molecule has 2 aromatic carbocycles. The predicted octanol–water partition coefficient (Wildman–Crippen LogP) is 4.59. The number of amides is 2. The van der Waals surface area contributed by atoms with Crippen LogP contribution in [0.15, 0.2) is 52.3 Å². The third-order valence-corrected chi connectivity index (χ3v) is 5.20. The highest BCUT2D eigenvalue weighted by Gasteiger charge is 2.27. The largest absolute Gasteiger partial charge is 0.350 e. The number of hydrogen-bond donors (Lipinski definition) is 1. The summed E-state index contributed by atoms with van der Waals surface area (Å²) >= 11 is 7.42. The van der Waals surface area contributed by atoms with Crippen molar-refractivity contribution >= 4 is 46.9 Å². The van der Waals surface area contributed by atoms with Gasteiger partial charge in [0.2, 0.25) is 0 Å². The minimum atomic E-state index is -0.145. The van der Waals surface area contributed by atoms with Crippen LogP contribution in [0.25, 0.3) is 6.08 Å². The summed E-state index contributed by atoms with van der Waals surface area (Å²) in [5, 5.41) is 3.49. The summed E-state index contributed by atoms with van der Waals surface area (Å²) in [6, 6.07) is 12.8. The third kappa shape index (κ3) is 3.94. The maximum atomic E-state index is 12.7. The van der Waals surface area contributed by atoms with Gasteiger partial charge in [0.05, 0.1) is 10.6 Å². The highest BCUT2D eigenvalue weighted by Crippen LogP contribution is 2.42. The van der Waals surface area contributed by atoms with Crippen LogP contribution in [0.3, 0.4) is 0 Å². The van der Waals surface area contributed by atoms with Gasteiger partial charge in [-0.1, -0.05) is 35.5 Å². The molecule has 0 atom stereocenters. The van der Waals surface area contributed by atoms with E-state index in [2.05, 4.69) is 5.32 Å². The van der Waals surface area contributed by atoms with Crippen LogP contribution in [-0.4, -0.2) is 24.9 Å². The second kappa shape index (κ2) is 7.56. The van der Waals surface area contributed by atoms with Gasteiger partial charge in [-0.25, -0.2) is 0 Å². The lowest BCUT2D eigenvalue weighted by atomic mass is 10.1. The molecule has 2 aromatic rings. The first-order chi connectivity index (χ1) is 12.3. The predicted molar refractivity (Wildman–Crippen MR) is 108 cm³/mol. The fourth-order valence-corrected chi connectivity index (χ4v) is 3.92. The number of nitrogens with one attached hydrogen (secondary N) is 1. The molecule has 0 radical (unpaired) electrons. The van der Waals surface area contributed by atoms with E-state index in [0.29, 0.717) is 15.5 Å². The molecule has 1 aliphatic rings. The zero-order valence-corrected chi connectivity index (χ0v) is 16.3. The quantitative estimate of drug-likeness (QED) is 0.785. The first kappa shape index (κ1) is 18.5. The number of halogens is 1. The van der Waals surface area contributed by atoms with Gasteiger partial charge in [0.25, 0.3) is 11.8 Å². The van der Waals surface area contributed by atoms with Crippen molar-refractivity contribution in [1.29, 1.82) is 0 Å². The Morgan fingerprint density at radius 3 is 2.69 bits per heavy atom. The van der Waals surface area contributed by atoms with Crippen molar-refractivity contribution in [2.45, 2.75) is 24.8 Å². The Morgan fingerprint density at radius 2 is 2.00 bits per heavy atom. The first-order valence-electron chi connectivity index (χ1n) is 8.23. The minimum Gasteiger partial charge on any atom is -0.350 e. The molecule has 1 heterocycles. The summed E-state index contributed by atoms with van der Waals surface area (Å²) in [6.45, 7) is 3.82. The molecule has 26 heavy (non-hydrogen) atoms. The van der Waals surface area contributed by atoms with Gasteiger partial charge in [-0.05, 0) is 55.8 Å². The summed E-state index contributed by atoms with van der Waals surface area (Å²) in [7, 11) is 1.72. The maximum Gasteiger partial charge on any atom is 0.264 e. The molecule has 134 valence electrons. The minimum absolute atomic E-state index is 0.0551. The summed E-state index contributed by atoms with van der Waals surface area (Å²) in [5.41, 5.74) is 2.15. The van der Waals surface area contributed by atoms with E-state index in [1.165, 1.54) is 11.8 Å². The highest BCUT2D eigenvalue weighted by atomic mass is 35.5. The van der Waals surface area contributed by atoms with Crippen molar-refractivity contribution in [2.75, 3.05) is 11.9 Å². The number of likely N-dealkylation sites (N-methyl/N-ethyl adjacent to an activating group) is 1. The lowest BCUT2D eigenvalue weighted by Crippen LogP contribution is -2.32. The molecular formula is C20H19ClN2O2S. The Hall–Kier alpha value is -2.24. The SMILES string of the molecule is CC(C)NC(=O)c1ccc2c(c1)N(C)C(=O)C(=Cc1cccc(Cl)c1)S2. The fraction of sp³-hybridized carbons (Fsp3) is 0.200. The van der Waals surface area contributed by atoms with E-state index < -0.39 is 0 Å². The van der Waals surface area contributed by atoms with Crippen molar-refractivity contribution in [1.82, 2.24) is 5.32 Å². The van der Waals surface area contributed by atoms with Gasteiger partial charge < -0.3 is 10.2 Å². The van der Waals surface area contributed by atoms with Gasteiger partial charge in [-0.15, -0.1) is 0 Å². The fourth-order valence-electron chi connectivity index (χ4n) is 2.63. The molecule has 0 unspecified atom stereocenters. The molecule has 0 aliphatic carbocycles. The van der Waals surface area contributed by atoms with Gasteiger partial charge >= 0.3 is 0 Å². The molecule has 4 nitrogen and oxygen atoms in total. The molecule has 3 rings (SSSR count). The Bertz CT molecular complexity index is 908. The van der Waals surface area contributed by atoms with E-state index in [9.17, 15) is 9.59 Å². The van der Waals surface area contributed by atoms with E-state index in [1.54, 1.807) is 30.1 Å². The van der Waals surface area contributed by atoms with Crippen LogP contribution in [0.4, 0.5) is 5.69 Å². The second-order valence-corrected chi connectivity index (χ2v) is 7.86. The molecule has 0 saturated heterocycles. The maximum absolute atomic E-state index is 12.7. The van der Waals surface area contributed by atoms with Gasteiger partial charge in [0, 0.05) is 28.6 Å². The number of rotatable bonds is 3. The zero-order chi connectivity index (χ0) is 18.8. The molecule has 0 saturated carbocycles. The lowest BCUT2D eigenvalue weighted by Gasteiger charge is -2.27. The standard InChI is InChI=1S/C20H19ClN2O2S/c1-12(2)22-19(24)14-7-8-17-16(11-14)23(3)20(25)18(26-17)10-13-5-4-6-15(21)9-13/h4-12H,1-3H3,(H,22,24). The number of thioether (sulfide) groups is 1. The van der Waals surface area contributed by atoms with Crippen LogP contribution in [-0.2, 0) is 4.79 Å². The van der Waals surface area contributed by atoms with E-state index in [4.69, 9.17) is 11.6 Å². The molecule has 0 fully saturated rings. The van der Waals surface area contributed by atoms with Gasteiger partial charge in [-0.2, -0.15) is 0 Å². The molecule has 1 aliphatic heterocycles. The number of anilines is 1. The number of benzene rings is 2. The van der Waals surface area contributed by atoms with Crippen LogP contribution in [0, 0.1) is 0 Å². The second-order valence-electron chi connectivity index (χ2n) is 6.34. The first-order valence-corrected chi connectivity index (χ1v) is 9.42. The molecule has 0 spiro atoms. The number of hydrogen-bond acceptors (Lipinski definition) is 3. The van der Waals surface area contributed by atoms with Crippen molar-refractivity contribution < 1.29 is 9.59 Å². The lowest BCUT2D eigenvalue weighted by molar-refractivity contribution is -0.114. The van der Waals surface area contributed by atoms with Gasteiger partial charge in [0.1, 0.15) is 0 Å². The van der Waals surface area contributed by atoms with Gasteiger partial charge in [-0.3, -0.25) is 9.59 Å². The normalized spacial score (nSPS) is 15.3. The van der Waals surface area contributed by atoms with E-state index in [0.717, 1.165) is 16.1 Å². The zero-order valence-electron chi connectivity index (χ0n) is 14.7. The average molecular weight is 387 g/mol. The monoisotopic (exact) mass is 386 g/mol. The summed E-state index contributed by atoms with van der Waals surface area (Å²) in [5.74, 6) is -0.252. The summed E-state index contributed by atoms with van der Waals surface area (Å²) in [6.07, 6.45) is 1.83. The Kier molecular flexibility index (Phi) is 5.39. The van der Waals surface area contributed by atoms with E-state index in [1.807, 2.05) is 44.2 Å². The summed E-state index contributed by atoms with van der Waals surface area (Å²) in [4.78, 5) is 28.1. The molecule has 0 bridgehead atoms. The van der Waals surface area contributed by atoms with Crippen molar-refractivity contribution in [3.8, 4) is 0 Å². The molecule has 0 aromatic heterocycles. The molecular weight excluding hydrogens is 368 g/mol. The number of fused-ring (bicyclic) bond motifs is 1. The number of carbonyl (C=O) groups excluding carboxylic acids is 2. The smallest absolute Gasteiger partial charge is 0.264 e. The van der Waals surface area contributed by atoms with Crippen LogP contribution in [0.5, 0.6) is 0 Å². The van der Waals surface area contributed by atoms with E-state index in [-0.39, 0.29) is 17.9 Å². The topological polar surface area (TPSA) is 49.4 Å². The highest BCUT2D eigenvalue weighted by molar-refractivity contribution is 8.04. The van der Waals surface area contributed by atoms with Crippen molar-refractivity contribution in [3.63, 3.8) is 0 Å². The Balaban J connectivity index is 1.93. The van der Waals surface area contributed by atoms with Gasteiger partial charge in [0.15, 0.2) is 0 Å². The number of nitrogens with zero attached hydrogens (tertiary/aromatic N) is 1. The molecule has 2 amide bonds. The van der Waals surface area contributed by atoms with Crippen molar-refractivity contribution in [3.05, 3.63) is 63.5 Å². The van der Waals surface area contributed by atoms with Crippen LogP contribution < -0.4 is 10.2 Å². The van der Waals surface area contributed by atoms with Crippen LogP contribution in [0.2, 0.25) is 5.02 Å². The molecule has 1 N–H and O–H groups in total. The van der Waals surface area contributed by atoms with Crippen LogP contribution in [0.1, 0.15) is 29.8 Å². The Labute approximate surface area is 162 Å². The Morgan fingerprint density at radius 1 is 1.23 bits per heavy atom. The molecule has 6 heteroatoms. The average Bonchev–Trinajstić information content (AvgIpc) is 2.58. The van der Waals surface area contributed by atoms with E-state index >= 15 is 0 Å².